The number of esters is 1. The maximum atomic E-state index is 12.8. The highest BCUT2D eigenvalue weighted by Crippen LogP contribution is 2.36. The van der Waals surface area contributed by atoms with E-state index < -0.39 is 36.0 Å². The minimum atomic E-state index is -5.04. The van der Waals surface area contributed by atoms with Crippen LogP contribution >= 0.6 is 11.8 Å². The number of carbonyl (C=O) groups is 3. The van der Waals surface area contributed by atoms with Gasteiger partial charge in [-0.3, -0.25) is 9.59 Å². The first kappa shape index (κ1) is 18.9. The fourth-order valence-electron chi connectivity index (χ4n) is 3.10. The van der Waals surface area contributed by atoms with Crippen LogP contribution in [0.2, 0.25) is 0 Å². The highest BCUT2D eigenvalue weighted by molar-refractivity contribution is 7.99. The number of nitrogens with zero attached hydrogens (tertiary/aromatic N) is 2. The number of fused-ring (bicyclic) bond motifs is 1. The minimum Gasteiger partial charge on any atom is -0.467 e. The molecular weight excluding hydrogens is 349 g/mol. The van der Waals surface area contributed by atoms with Crippen molar-refractivity contribution in [3.8, 4) is 0 Å². The highest BCUT2D eigenvalue weighted by atomic mass is 32.2. The number of hydrogen-bond donors (Lipinski definition) is 0. The summed E-state index contributed by atoms with van der Waals surface area (Å²) in [4.78, 5) is 38.0. The molecule has 0 aromatic rings. The van der Waals surface area contributed by atoms with Crippen molar-refractivity contribution in [1.29, 1.82) is 0 Å². The molecule has 0 aromatic carbocycles. The van der Waals surface area contributed by atoms with E-state index in [2.05, 4.69) is 0 Å². The van der Waals surface area contributed by atoms with Crippen molar-refractivity contribution in [2.45, 2.75) is 49.3 Å². The van der Waals surface area contributed by atoms with Crippen LogP contribution in [0, 0.1) is 0 Å². The summed E-state index contributed by atoms with van der Waals surface area (Å²) in [5.41, 5.74) is 0. The lowest BCUT2D eigenvalue weighted by Gasteiger charge is -2.41. The fourth-order valence-corrected chi connectivity index (χ4v) is 4.48. The molecule has 0 saturated carbocycles. The third kappa shape index (κ3) is 3.62. The van der Waals surface area contributed by atoms with Gasteiger partial charge >= 0.3 is 18.1 Å². The molecular formula is C14H19F3N2O4S. The topological polar surface area (TPSA) is 66.9 Å². The van der Waals surface area contributed by atoms with Crippen LogP contribution in [0.3, 0.4) is 0 Å². The Bertz CT molecular complexity index is 529. The third-order valence-corrected chi connectivity index (χ3v) is 5.64. The van der Waals surface area contributed by atoms with Crippen molar-refractivity contribution in [1.82, 2.24) is 9.80 Å². The molecule has 2 amide bonds. The lowest BCUT2D eigenvalue weighted by atomic mass is 10.00. The molecule has 2 rings (SSSR count). The Kier molecular flexibility index (Phi) is 5.67. The number of hydrogen-bond acceptors (Lipinski definition) is 5. The Morgan fingerprint density at radius 3 is 2.54 bits per heavy atom. The van der Waals surface area contributed by atoms with Gasteiger partial charge in [0.2, 0.25) is 5.91 Å². The molecule has 2 heterocycles. The molecule has 24 heavy (non-hydrogen) atoms. The number of rotatable bonds is 2. The van der Waals surface area contributed by atoms with E-state index in [0.29, 0.717) is 23.5 Å². The van der Waals surface area contributed by atoms with E-state index in [4.69, 9.17) is 4.74 Å². The molecule has 6 nitrogen and oxygen atoms in total. The number of carbonyl (C=O) groups excluding carboxylic acids is 3. The molecule has 2 fully saturated rings. The predicted octanol–water partition coefficient (Wildman–Crippen LogP) is 1.39. The number of halogens is 3. The fraction of sp³-hybridized carbons (Fsp3) is 0.786. The number of thioether (sulfide) groups is 1. The molecule has 10 heteroatoms. The first-order chi connectivity index (χ1) is 11.2. The van der Waals surface area contributed by atoms with Crippen LogP contribution < -0.4 is 0 Å². The van der Waals surface area contributed by atoms with E-state index >= 15 is 0 Å². The van der Waals surface area contributed by atoms with E-state index in [-0.39, 0.29) is 11.8 Å². The summed E-state index contributed by atoms with van der Waals surface area (Å²) in [5.74, 6) is -2.84. The van der Waals surface area contributed by atoms with Gasteiger partial charge in [0.1, 0.15) is 12.1 Å². The lowest BCUT2D eigenvalue weighted by Crippen LogP contribution is -2.58. The van der Waals surface area contributed by atoms with Gasteiger partial charge in [-0.2, -0.15) is 13.2 Å². The molecule has 0 aliphatic carbocycles. The van der Waals surface area contributed by atoms with E-state index in [1.807, 2.05) is 0 Å². The van der Waals surface area contributed by atoms with Crippen molar-refractivity contribution in [3.05, 3.63) is 0 Å². The number of likely N-dealkylation sites (N-methyl/N-ethyl adjacent to an activating group) is 1. The Morgan fingerprint density at radius 1 is 1.29 bits per heavy atom. The second kappa shape index (κ2) is 7.20. The van der Waals surface area contributed by atoms with Crippen LogP contribution in [-0.4, -0.2) is 71.1 Å². The van der Waals surface area contributed by atoms with Crippen molar-refractivity contribution in [2.24, 2.45) is 0 Å². The molecule has 3 atom stereocenters. The summed E-state index contributed by atoms with van der Waals surface area (Å²) in [6.07, 6.45) is -3.14. The van der Waals surface area contributed by atoms with Gasteiger partial charge in [-0.15, -0.1) is 11.8 Å². The van der Waals surface area contributed by atoms with Crippen molar-refractivity contribution < 1.29 is 32.3 Å². The highest BCUT2D eigenvalue weighted by Gasteiger charge is 2.49. The zero-order valence-electron chi connectivity index (χ0n) is 13.3. The summed E-state index contributed by atoms with van der Waals surface area (Å²) < 4.78 is 42.8. The van der Waals surface area contributed by atoms with Crippen LogP contribution in [0.15, 0.2) is 0 Å². The standard InChI is InChI=1S/C14H19F3N2O4S/c1-18(13(22)14(15,16)17)8-6-7-24-10-5-3-4-9(12(21)23-2)19(10)11(8)20/h8-10H,3-7H2,1-2H3/t8-,9-,10-/m0/s1. The summed E-state index contributed by atoms with van der Waals surface area (Å²) in [6.45, 7) is 0. The summed E-state index contributed by atoms with van der Waals surface area (Å²) in [7, 11) is 2.18. The second-order valence-corrected chi connectivity index (χ2v) is 7.04. The quantitative estimate of drug-likeness (QED) is 0.689. The maximum absolute atomic E-state index is 12.8. The summed E-state index contributed by atoms with van der Waals surface area (Å²) in [6, 6.07) is -2.05. The van der Waals surface area contributed by atoms with Crippen LogP contribution in [0.4, 0.5) is 13.2 Å². The normalized spacial score (nSPS) is 28.0. The van der Waals surface area contributed by atoms with Gasteiger partial charge in [-0.05, 0) is 31.4 Å². The van der Waals surface area contributed by atoms with Crippen molar-refractivity contribution >= 4 is 29.5 Å². The Balaban J connectivity index is 2.28. The van der Waals surface area contributed by atoms with Gasteiger partial charge in [0.15, 0.2) is 0 Å². The zero-order valence-corrected chi connectivity index (χ0v) is 14.2. The molecule has 2 saturated heterocycles. The molecule has 0 bridgehead atoms. The molecule has 2 aliphatic rings. The van der Waals surface area contributed by atoms with Crippen LogP contribution in [0.25, 0.3) is 0 Å². The largest absolute Gasteiger partial charge is 0.471 e. The van der Waals surface area contributed by atoms with E-state index in [9.17, 15) is 27.6 Å². The molecule has 0 radical (unpaired) electrons. The maximum Gasteiger partial charge on any atom is 0.471 e. The van der Waals surface area contributed by atoms with Gasteiger partial charge in [0.05, 0.1) is 12.5 Å². The van der Waals surface area contributed by atoms with Gasteiger partial charge in [0, 0.05) is 7.05 Å². The molecule has 2 aliphatic heterocycles. The first-order valence-corrected chi connectivity index (χ1v) is 8.59. The molecule has 136 valence electrons. The average Bonchev–Trinajstić information content (AvgIpc) is 2.71. The summed E-state index contributed by atoms with van der Waals surface area (Å²) >= 11 is 1.42. The number of alkyl halides is 3. The Labute approximate surface area is 141 Å². The molecule has 0 N–H and O–H groups in total. The monoisotopic (exact) mass is 368 g/mol. The van der Waals surface area contributed by atoms with Gasteiger partial charge < -0.3 is 14.5 Å². The van der Waals surface area contributed by atoms with Crippen LogP contribution in [-0.2, 0) is 19.1 Å². The van der Waals surface area contributed by atoms with Crippen LogP contribution in [0.1, 0.15) is 25.7 Å². The Hall–Kier alpha value is -1.45. The molecule has 0 unspecified atom stereocenters. The average molecular weight is 368 g/mol. The van der Waals surface area contributed by atoms with Crippen molar-refractivity contribution in [3.63, 3.8) is 0 Å². The minimum absolute atomic E-state index is 0.114. The van der Waals surface area contributed by atoms with Gasteiger partial charge in [0.25, 0.3) is 0 Å². The van der Waals surface area contributed by atoms with Gasteiger partial charge in [-0.25, -0.2) is 4.79 Å². The second-order valence-electron chi connectivity index (χ2n) is 5.76. The number of piperidine rings is 1. The predicted molar refractivity (Wildman–Crippen MR) is 80.0 cm³/mol. The first-order valence-electron chi connectivity index (χ1n) is 7.54. The van der Waals surface area contributed by atoms with Gasteiger partial charge in [-0.1, -0.05) is 0 Å². The zero-order chi connectivity index (χ0) is 18.1. The number of ether oxygens (including phenoxy) is 1. The smallest absolute Gasteiger partial charge is 0.467 e. The summed E-state index contributed by atoms with van der Waals surface area (Å²) in [5, 5.41) is -0.283. The Morgan fingerprint density at radius 2 is 1.96 bits per heavy atom. The number of amides is 2. The van der Waals surface area contributed by atoms with E-state index in [0.717, 1.165) is 13.5 Å². The SMILES string of the molecule is COC(=O)[C@@H]1CCC[C@@H]2SCC[C@H](N(C)C(=O)C(F)(F)F)C(=O)N21. The molecule has 0 aromatic heterocycles. The third-order valence-electron chi connectivity index (χ3n) is 4.32. The van der Waals surface area contributed by atoms with E-state index in [1.165, 1.54) is 23.8 Å². The van der Waals surface area contributed by atoms with Crippen molar-refractivity contribution in [2.75, 3.05) is 19.9 Å². The lowest BCUT2D eigenvalue weighted by molar-refractivity contribution is -0.188. The number of methoxy groups -OCH3 is 1. The molecule has 0 spiro atoms. The van der Waals surface area contributed by atoms with Crippen LogP contribution in [0.5, 0.6) is 0 Å². The van der Waals surface area contributed by atoms with E-state index in [1.54, 1.807) is 0 Å².